The molecule has 17 heavy (non-hydrogen) atoms. The summed E-state index contributed by atoms with van der Waals surface area (Å²) in [6.07, 6.45) is 4.29. The molecule has 5 heteroatoms. The van der Waals surface area contributed by atoms with E-state index in [-0.39, 0.29) is 0 Å². The minimum Gasteiger partial charge on any atom is -0.333 e. The quantitative estimate of drug-likeness (QED) is 0.451. The SMILES string of the molecule is Cn1cnc2ccc(C3CC3)c(CN=[N+]=[N-])c21. The Bertz CT molecular complexity index is 617. The van der Waals surface area contributed by atoms with Crippen molar-refractivity contribution >= 4 is 11.0 Å². The molecule has 0 bridgehead atoms. The van der Waals surface area contributed by atoms with E-state index in [4.69, 9.17) is 5.53 Å². The van der Waals surface area contributed by atoms with Gasteiger partial charge in [-0.1, -0.05) is 11.2 Å². The van der Waals surface area contributed by atoms with Crippen molar-refractivity contribution in [3.8, 4) is 0 Å². The summed E-state index contributed by atoms with van der Waals surface area (Å²) in [4.78, 5) is 7.20. The summed E-state index contributed by atoms with van der Waals surface area (Å²) in [5.41, 5.74) is 13.0. The first-order chi connectivity index (χ1) is 8.31. The van der Waals surface area contributed by atoms with Crippen LogP contribution in [0.2, 0.25) is 0 Å². The second-order valence-electron chi connectivity index (χ2n) is 4.52. The van der Waals surface area contributed by atoms with E-state index in [1.807, 2.05) is 11.6 Å². The van der Waals surface area contributed by atoms with Crippen molar-refractivity contribution in [1.82, 2.24) is 9.55 Å². The third-order valence-corrected chi connectivity index (χ3v) is 3.33. The molecule has 0 atom stereocenters. The first kappa shape index (κ1) is 10.2. The monoisotopic (exact) mass is 227 g/mol. The average molecular weight is 227 g/mol. The van der Waals surface area contributed by atoms with E-state index < -0.39 is 0 Å². The summed E-state index contributed by atoms with van der Waals surface area (Å²) >= 11 is 0. The molecule has 86 valence electrons. The predicted molar refractivity (Wildman–Crippen MR) is 65.5 cm³/mol. The first-order valence-corrected chi connectivity index (χ1v) is 5.75. The molecule has 1 aromatic heterocycles. The topological polar surface area (TPSA) is 66.6 Å². The molecule has 0 unspecified atom stereocenters. The molecule has 1 fully saturated rings. The summed E-state index contributed by atoms with van der Waals surface area (Å²) in [7, 11) is 1.98. The average Bonchev–Trinajstić information content (AvgIpc) is 3.11. The van der Waals surface area contributed by atoms with Crippen LogP contribution in [-0.4, -0.2) is 9.55 Å². The van der Waals surface area contributed by atoms with Crippen molar-refractivity contribution in [3.63, 3.8) is 0 Å². The van der Waals surface area contributed by atoms with Crippen LogP contribution in [0.5, 0.6) is 0 Å². The van der Waals surface area contributed by atoms with Gasteiger partial charge in [0.05, 0.1) is 23.9 Å². The summed E-state index contributed by atoms with van der Waals surface area (Å²) in [6, 6.07) is 4.19. The van der Waals surface area contributed by atoms with E-state index in [0.717, 1.165) is 16.6 Å². The third-order valence-electron chi connectivity index (χ3n) is 3.33. The van der Waals surface area contributed by atoms with Gasteiger partial charge in [-0.05, 0) is 41.5 Å². The fraction of sp³-hybridized carbons (Fsp3) is 0.417. The molecule has 1 heterocycles. The molecule has 1 saturated carbocycles. The number of fused-ring (bicyclic) bond motifs is 1. The van der Waals surface area contributed by atoms with Crippen LogP contribution in [0.4, 0.5) is 0 Å². The van der Waals surface area contributed by atoms with E-state index in [2.05, 4.69) is 27.1 Å². The molecule has 3 rings (SSSR count). The smallest absolute Gasteiger partial charge is 0.0955 e. The first-order valence-electron chi connectivity index (χ1n) is 5.75. The second-order valence-corrected chi connectivity index (χ2v) is 4.52. The maximum atomic E-state index is 8.50. The zero-order chi connectivity index (χ0) is 11.8. The van der Waals surface area contributed by atoms with Gasteiger partial charge in [0.25, 0.3) is 0 Å². The molecule has 0 amide bonds. The highest BCUT2D eigenvalue weighted by molar-refractivity contribution is 5.80. The summed E-state index contributed by atoms with van der Waals surface area (Å²) < 4.78 is 2.00. The molecular formula is C12H13N5. The van der Waals surface area contributed by atoms with E-state index >= 15 is 0 Å². The van der Waals surface area contributed by atoms with E-state index in [1.165, 1.54) is 18.4 Å². The molecule has 2 aromatic rings. The molecular weight excluding hydrogens is 214 g/mol. The van der Waals surface area contributed by atoms with Gasteiger partial charge >= 0.3 is 0 Å². The normalized spacial score (nSPS) is 14.9. The van der Waals surface area contributed by atoms with Crippen LogP contribution >= 0.6 is 0 Å². The second kappa shape index (κ2) is 3.79. The summed E-state index contributed by atoms with van der Waals surface area (Å²) in [5.74, 6) is 0.651. The fourth-order valence-corrected chi connectivity index (χ4v) is 2.39. The minimum absolute atomic E-state index is 0.416. The number of aryl methyl sites for hydroxylation is 1. The number of rotatable bonds is 3. The van der Waals surface area contributed by atoms with Gasteiger partial charge in [0.2, 0.25) is 0 Å². The lowest BCUT2D eigenvalue weighted by atomic mass is 10.0. The van der Waals surface area contributed by atoms with E-state index in [0.29, 0.717) is 12.5 Å². The van der Waals surface area contributed by atoms with Gasteiger partial charge in [-0.3, -0.25) is 0 Å². The maximum absolute atomic E-state index is 8.50. The van der Waals surface area contributed by atoms with Crippen LogP contribution in [0.1, 0.15) is 29.9 Å². The Kier molecular flexibility index (Phi) is 2.27. The highest BCUT2D eigenvalue weighted by Crippen LogP contribution is 2.43. The molecule has 0 aliphatic heterocycles. The van der Waals surface area contributed by atoms with Gasteiger partial charge < -0.3 is 4.57 Å². The zero-order valence-corrected chi connectivity index (χ0v) is 9.67. The number of nitrogens with zero attached hydrogens (tertiary/aromatic N) is 5. The minimum atomic E-state index is 0.416. The lowest BCUT2D eigenvalue weighted by Gasteiger charge is -2.09. The lowest BCUT2D eigenvalue weighted by Crippen LogP contribution is -1.96. The van der Waals surface area contributed by atoms with Gasteiger partial charge in [0.15, 0.2) is 0 Å². The molecule has 5 nitrogen and oxygen atoms in total. The van der Waals surface area contributed by atoms with Gasteiger partial charge in [0.1, 0.15) is 0 Å². The van der Waals surface area contributed by atoms with Gasteiger partial charge in [-0.25, -0.2) is 4.98 Å². The maximum Gasteiger partial charge on any atom is 0.0955 e. The number of benzene rings is 1. The number of imidazole rings is 1. The molecule has 0 N–H and O–H groups in total. The number of azide groups is 1. The highest BCUT2D eigenvalue weighted by atomic mass is 15.1. The third kappa shape index (κ3) is 1.65. The van der Waals surface area contributed by atoms with Gasteiger partial charge in [0, 0.05) is 12.0 Å². The Morgan fingerprint density at radius 2 is 2.35 bits per heavy atom. The Morgan fingerprint density at radius 3 is 3.06 bits per heavy atom. The lowest BCUT2D eigenvalue weighted by molar-refractivity contribution is 0.920. The number of hydrogen-bond donors (Lipinski definition) is 0. The highest BCUT2D eigenvalue weighted by Gasteiger charge is 2.27. The van der Waals surface area contributed by atoms with Crippen molar-refractivity contribution < 1.29 is 0 Å². The van der Waals surface area contributed by atoms with Crippen LogP contribution in [0, 0.1) is 0 Å². The van der Waals surface area contributed by atoms with Gasteiger partial charge in [-0.2, -0.15) is 0 Å². The van der Waals surface area contributed by atoms with Crippen LogP contribution < -0.4 is 0 Å². The molecule has 0 radical (unpaired) electrons. The number of aromatic nitrogens is 2. The summed E-state index contributed by atoms with van der Waals surface area (Å²) in [5, 5.41) is 3.72. The van der Waals surface area contributed by atoms with Crippen molar-refractivity contribution in [1.29, 1.82) is 0 Å². The van der Waals surface area contributed by atoms with Crippen LogP contribution in [-0.2, 0) is 13.6 Å². The zero-order valence-electron chi connectivity index (χ0n) is 9.67. The van der Waals surface area contributed by atoms with Crippen LogP contribution in [0.25, 0.3) is 21.5 Å². The molecule has 1 aromatic carbocycles. The van der Waals surface area contributed by atoms with Crippen molar-refractivity contribution in [2.45, 2.75) is 25.3 Å². The van der Waals surface area contributed by atoms with Gasteiger partial charge in [-0.15, -0.1) is 0 Å². The molecule has 0 spiro atoms. The molecule has 1 aliphatic carbocycles. The Hall–Kier alpha value is -2.00. The van der Waals surface area contributed by atoms with E-state index in [1.54, 1.807) is 6.33 Å². The van der Waals surface area contributed by atoms with E-state index in [9.17, 15) is 0 Å². The predicted octanol–water partition coefficient (Wildman–Crippen LogP) is 3.26. The largest absolute Gasteiger partial charge is 0.333 e. The molecule has 0 saturated heterocycles. The van der Waals surface area contributed by atoms with Crippen molar-refractivity contribution in [2.75, 3.05) is 0 Å². The van der Waals surface area contributed by atoms with Crippen LogP contribution in [0.3, 0.4) is 0 Å². The molecule has 1 aliphatic rings. The Morgan fingerprint density at radius 1 is 1.53 bits per heavy atom. The van der Waals surface area contributed by atoms with Crippen molar-refractivity contribution in [2.24, 2.45) is 12.2 Å². The fourth-order valence-electron chi connectivity index (χ4n) is 2.39. The Balaban J connectivity index is 2.24. The summed E-state index contributed by atoms with van der Waals surface area (Å²) in [6.45, 7) is 0.416. The van der Waals surface area contributed by atoms with Crippen LogP contribution in [0.15, 0.2) is 23.6 Å². The standard InChI is InChI=1S/C12H13N5/c1-17-7-14-11-5-4-9(8-2-3-8)10(12(11)17)6-15-16-13/h4-5,7-8H,2-3,6H2,1H3. The van der Waals surface area contributed by atoms with Crippen molar-refractivity contribution in [3.05, 3.63) is 40.0 Å². The Labute approximate surface area is 98.7 Å². The number of hydrogen-bond acceptors (Lipinski definition) is 2.